The molecule has 0 saturated carbocycles. The minimum Gasteiger partial charge on any atom is -0.491 e. The highest BCUT2D eigenvalue weighted by Crippen LogP contribution is 2.14. The van der Waals surface area contributed by atoms with Crippen molar-refractivity contribution in [3.8, 4) is 11.9 Å². The Labute approximate surface area is 95.2 Å². The van der Waals surface area contributed by atoms with E-state index in [2.05, 4.69) is 29.8 Å². The van der Waals surface area contributed by atoms with Crippen LogP contribution >= 0.6 is 12.0 Å². The first-order valence-electron chi connectivity index (χ1n) is 4.01. The zero-order valence-electron chi connectivity index (χ0n) is 8.21. The molecule has 8 nitrogen and oxygen atoms in total. The van der Waals surface area contributed by atoms with Crippen LogP contribution in [0.15, 0.2) is 6.20 Å². The average molecular weight is 244 g/mol. The molecule has 86 valence electrons. The molecule has 0 aliphatic carbocycles. The van der Waals surface area contributed by atoms with E-state index in [1.54, 1.807) is 6.07 Å². The fourth-order valence-electron chi connectivity index (χ4n) is 0.716. The minimum absolute atomic E-state index is 0.134. The van der Waals surface area contributed by atoms with Gasteiger partial charge in [-0.15, -0.1) is 9.32 Å². The Morgan fingerprint density at radius 1 is 1.69 bits per heavy atom. The maximum absolute atomic E-state index is 9.09. The lowest BCUT2D eigenvalue weighted by Gasteiger charge is -2.00. The summed E-state index contributed by atoms with van der Waals surface area (Å²) in [4.78, 5) is 11.6. The van der Waals surface area contributed by atoms with Crippen LogP contribution in [-0.2, 0) is 20.1 Å². The lowest BCUT2D eigenvalue weighted by molar-refractivity contribution is -0.484. The molecule has 0 unspecified atom stereocenters. The van der Waals surface area contributed by atoms with Gasteiger partial charge in [0.1, 0.15) is 6.07 Å². The highest BCUT2D eigenvalue weighted by molar-refractivity contribution is 7.93. The Balaban J connectivity index is 2.40. The Kier molecular flexibility index (Phi) is 5.48. The van der Waals surface area contributed by atoms with Crippen LogP contribution in [0.25, 0.3) is 0 Å². The smallest absolute Gasteiger partial charge is 0.248 e. The Bertz CT molecular complexity index is 383. The van der Waals surface area contributed by atoms with Crippen LogP contribution in [-0.4, -0.2) is 22.1 Å². The Morgan fingerprint density at radius 3 is 3.19 bits per heavy atom. The third kappa shape index (κ3) is 3.97. The van der Waals surface area contributed by atoms with E-state index in [1.165, 1.54) is 13.2 Å². The SMILES string of the molecule is CNOOOSCc1cnc(O)c(C#N)n1. The molecule has 0 bridgehead atoms. The van der Waals surface area contributed by atoms with Crippen molar-refractivity contribution in [1.29, 1.82) is 5.26 Å². The second-order valence-electron chi connectivity index (χ2n) is 2.33. The summed E-state index contributed by atoms with van der Waals surface area (Å²) in [5.74, 6) is -0.110. The fraction of sp³-hybridized carbons (Fsp3) is 0.286. The van der Waals surface area contributed by atoms with Gasteiger partial charge in [-0.25, -0.2) is 9.97 Å². The zero-order valence-corrected chi connectivity index (χ0v) is 9.02. The van der Waals surface area contributed by atoms with Gasteiger partial charge < -0.3 is 5.11 Å². The van der Waals surface area contributed by atoms with E-state index in [9.17, 15) is 0 Å². The van der Waals surface area contributed by atoms with E-state index >= 15 is 0 Å². The first-order chi connectivity index (χ1) is 7.77. The van der Waals surface area contributed by atoms with Crippen molar-refractivity contribution in [2.75, 3.05) is 7.05 Å². The first kappa shape index (κ1) is 12.6. The van der Waals surface area contributed by atoms with Gasteiger partial charge in [0.2, 0.25) is 11.6 Å². The van der Waals surface area contributed by atoms with Gasteiger partial charge in [-0.1, -0.05) is 0 Å². The van der Waals surface area contributed by atoms with E-state index in [0.29, 0.717) is 5.69 Å². The van der Waals surface area contributed by atoms with E-state index in [4.69, 9.17) is 10.4 Å². The minimum atomic E-state index is -0.396. The fourth-order valence-corrected chi connectivity index (χ4v) is 1.09. The van der Waals surface area contributed by atoms with E-state index in [0.717, 1.165) is 12.0 Å². The summed E-state index contributed by atoms with van der Waals surface area (Å²) in [6.07, 6.45) is 1.32. The molecule has 1 heterocycles. The van der Waals surface area contributed by atoms with Crippen molar-refractivity contribution >= 4 is 12.0 Å². The topological polar surface area (TPSA) is 110 Å². The monoisotopic (exact) mass is 244 g/mol. The summed E-state index contributed by atoms with van der Waals surface area (Å²) >= 11 is 0.891. The molecule has 0 spiro atoms. The highest BCUT2D eigenvalue weighted by Gasteiger charge is 2.05. The molecule has 1 aromatic rings. The normalized spacial score (nSPS) is 10.0. The molecule has 1 aromatic heterocycles. The van der Waals surface area contributed by atoms with Crippen LogP contribution in [0.1, 0.15) is 11.4 Å². The number of hydroxylamine groups is 1. The molecular weight excluding hydrogens is 236 g/mol. The molecule has 0 amide bonds. The molecule has 0 saturated heterocycles. The van der Waals surface area contributed by atoms with Crippen molar-refractivity contribution < 1.29 is 19.5 Å². The van der Waals surface area contributed by atoms with Crippen molar-refractivity contribution in [2.45, 2.75) is 5.75 Å². The molecule has 0 fully saturated rings. The molecular formula is C7H8N4O4S. The molecule has 0 aliphatic heterocycles. The maximum atomic E-state index is 9.09. The average Bonchev–Trinajstić information content (AvgIpc) is 2.31. The molecule has 0 radical (unpaired) electrons. The zero-order chi connectivity index (χ0) is 11.8. The van der Waals surface area contributed by atoms with Crippen LogP contribution in [0, 0.1) is 11.3 Å². The number of aromatic nitrogens is 2. The molecule has 9 heteroatoms. The second kappa shape index (κ2) is 6.94. The lowest BCUT2D eigenvalue weighted by Crippen LogP contribution is -2.06. The molecule has 0 aromatic carbocycles. The van der Waals surface area contributed by atoms with Crippen LogP contribution in [0.4, 0.5) is 0 Å². The summed E-state index contributed by atoms with van der Waals surface area (Å²) in [6, 6.07) is 1.71. The van der Waals surface area contributed by atoms with Crippen LogP contribution in [0.3, 0.4) is 0 Å². The highest BCUT2D eigenvalue weighted by atomic mass is 32.2. The number of nitriles is 1. The van der Waals surface area contributed by atoms with E-state index in [1.807, 2.05) is 0 Å². The van der Waals surface area contributed by atoms with Gasteiger partial charge in [0.15, 0.2) is 0 Å². The number of rotatable bonds is 6. The summed E-state index contributed by atoms with van der Waals surface area (Å²) in [5.41, 5.74) is 2.56. The lowest BCUT2D eigenvalue weighted by atomic mass is 10.4. The quantitative estimate of drug-likeness (QED) is 0.314. The van der Waals surface area contributed by atoms with Gasteiger partial charge in [-0.3, -0.25) is 0 Å². The van der Waals surface area contributed by atoms with Gasteiger partial charge in [0, 0.05) is 19.1 Å². The van der Waals surface area contributed by atoms with Crippen molar-refractivity contribution in [3.05, 3.63) is 17.6 Å². The predicted octanol–water partition coefficient (Wildman–Crippen LogP) is 0.216. The third-order valence-corrected chi connectivity index (χ3v) is 1.87. The van der Waals surface area contributed by atoms with Crippen LogP contribution in [0.5, 0.6) is 5.88 Å². The number of nitrogens with one attached hydrogen (secondary N) is 1. The van der Waals surface area contributed by atoms with Crippen molar-refractivity contribution in [2.24, 2.45) is 0 Å². The summed E-state index contributed by atoms with van der Waals surface area (Å²) < 4.78 is 4.50. The number of nitrogens with zero attached hydrogens (tertiary/aromatic N) is 3. The van der Waals surface area contributed by atoms with Gasteiger partial charge >= 0.3 is 0 Å². The predicted molar refractivity (Wildman–Crippen MR) is 52.0 cm³/mol. The number of aromatic hydroxyl groups is 1. The second-order valence-corrected chi connectivity index (χ2v) is 2.99. The van der Waals surface area contributed by atoms with Gasteiger partial charge in [-0.05, 0) is 5.04 Å². The van der Waals surface area contributed by atoms with Crippen LogP contribution in [0.2, 0.25) is 0 Å². The first-order valence-corrected chi connectivity index (χ1v) is 4.92. The maximum Gasteiger partial charge on any atom is 0.248 e. The van der Waals surface area contributed by atoms with Crippen molar-refractivity contribution in [3.63, 3.8) is 0 Å². The van der Waals surface area contributed by atoms with Gasteiger partial charge in [-0.2, -0.15) is 10.7 Å². The Morgan fingerprint density at radius 2 is 2.50 bits per heavy atom. The molecule has 2 N–H and O–H groups in total. The van der Waals surface area contributed by atoms with Gasteiger partial charge in [0.25, 0.3) is 0 Å². The summed E-state index contributed by atoms with van der Waals surface area (Å²) in [6.45, 7) is 0. The standard InChI is InChI=1S/C7H8N4O4S/c1-9-13-14-15-16-4-5-3-10-7(12)6(2-8)11-5/h3,9H,4H2,1H3,(H,10,12). The summed E-state index contributed by atoms with van der Waals surface area (Å²) in [5, 5.41) is 21.8. The van der Waals surface area contributed by atoms with Crippen molar-refractivity contribution in [1.82, 2.24) is 15.4 Å². The van der Waals surface area contributed by atoms with E-state index < -0.39 is 5.88 Å². The van der Waals surface area contributed by atoms with Crippen LogP contribution < -0.4 is 5.48 Å². The molecule has 0 aliphatic rings. The molecule has 1 rings (SSSR count). The van der Waals surface area contributed by atoms with E-state index in [-0.39, 0.29) is 11.4 Å². The molecule has 16 heavy (non-hydrogen) atoms. The number of hydrogen-bond acceptors (Lipinski definition) is 9. The number of hydrogen-bond donors (Lipinski definition) is 2. The largest absolute Gasteiger partial charge is 0.491 e. The van der Waals surface area contributed by atoms with Gasteiger partial charge in [0.05, 0.1) is 17.6 Å². The third-order valence-electron chi connectivity index (χ3n) is 1.31. The molecule has 0 atom stereocenters. The Hall–Kier alpha value is -1.44. The summed E-state index contributed by atoms with van der Waals surface area (Å²) in [7, 11) is 1.50.